The first kappa shape index (κ1) is 7.74. The standard InChI is InChI=1S/C4H8N2O3/c1-3(7)5-6-4(8)9-2/h1-2H3,(H,5,7)(H,6,8). The molecular weight excluding hydrogens is 124 g/mol. The SMILES string of the molecule is COC(=O)NNC(C)=O. The van der Waals surface area contributed by atoms with Crippen molar-refractivity contribution in [3.8, 4) is 0 Å². The summed E-state index contributed by atoms with van der Waals surface area (Å²) in [6, 6.07) is 0. The lowest BCUT2D eigenvalue weighted by atomic mass is 10.8. The smallest absolute Gasteiger partial charge is 0.425 e. The van der Waals surface area contributed by atoms with Crippen LogP contribution < -0.4 is 10.9 Å². The van der Waals surface area contributed by atoms with Crippen molar-refractivity contribution in [1.82, 2.24) is 10.9 Å². The first-order chi connectivity index (χ1) is 4.16. The van der Waals surface area contributed by atoms with Crippen molar-refractivity contribution >= 4 is 12.0 Å². The number of hydrazine groups is 1. The lowest BCUT2D eigenvalue weighted by Crippen LogP contribution is -2.40. The maximum Gasteiger partial charge on any atom is 0.425 e. The van der Waals surface area contributed by atoms with E-state index < -0.39 is 6.09 Å². The maximum atomic E-state index is 10.2. The fourth-order valence-electron chi connectivity index (χ4n) is 0.190. The van der Waals surface area contributed by atoms with Crippen molar-refractivity contribution in [3.63, 3.8) is 0 Å². The van der Waals surface area contributed by atoms with Gasteiger partial charge in [-0.3, -0.25) is 10.2 Å². The van der Waals surface area contributed by atoms with Crippen LogP contribution >= 0.6 is 0 Å². The van der Waals surface area contributed by atoms with Crippen LogP contribution in [0.15, 0.2) is 0 Å². The van der Waals surface area contributed by atoms with Gasteiger partial charge in [0.2, 0.25) is 5.91 Å². The molecule has 0 aliphatic carbocycles. The minimum Gasteiger partial charge on any atom is -0.452 e. The number of nitrogens with one attached hydrogen (secondary N) is 2. The monoisotopic (exact) mass is 132 g/mol. The molecule has 0 radical (unpaired) electrons. The summed E-state index contributed by atoms with van der Waals surface area (Å²) in [5.41, 5.74) is 4.00. The molecule has 2 N–H and O–H groups in total. The third-order valence-electron chi connectivity index (χ3n) is 0.526. The van der Waals surface area contributed by atoms with E-state index in [-0.39, 0.29) is 5.91 Å². The molecule has 2 amide bonds. The predicted octanol–water partition coefficient (Wildman–Crippen LogP) is -0.607. The number of rotatable bonds is 0. The molecule has 5 heteroatoms. The lowest BCUT2D eigenvalue weighted by molar-refractivity contribution is -0.119. The molecule has 0 aliphatic rings. The second-order valence-corrected chi connectivity index (χ2v) is 1.30. The maximum absolute atomic E-state index is 10.2. The van der Waals surface area contributed by atoms with Crippen molar-refractivity contribution < 1.29 is 14.3 Å². The molecule has 5 nitrogen and oxygen atoms in total. The summed E-state index contributed by atoms with van der Waals surface area (Å²) in [5, 5.41) is 0. The van der Waals surface area contributed by atoms with Gasteiger partial charge < -0.3 is 4.74 Å². The highest BCUT2D eigenvalue weighted by Gasteiger charge is 1.95. The van der Waals surface area contributed by atoms with Gasteiger partial charge in [0.25, 0.3) is 0 Å². The normalized spacial score (nSPS) is 7.78. The Bertz CT molecular complexity index is 123. The Morgan fingerprint density at radius 3 is 2.22 bits per heavy atom. The summed E-state index contributed by atoms with van der Waals surface area (Å²) >= 11 is 0. The summed E-state index contributed by atoms with van der Waals surface area (Å²) in [5.74, 6) is -0.347. The molecule has 0 bridgehead atoms. The zero-order valence-electron chi connectivity index (χ0n) is 5.22. The first-order valence-electron chi connectivity index (χ1n) is 2.27. The molecule has 0 aromatic heterocycles. The van der Waals surface area contributed by atoms with Crippen LogP contribution in [-0.2, 0) is 9.53 Å². The van der Waals surface area contributed by atoms with Gasteiger partial charge in [0.15, 0.2) is 0 Å². The van der Waals surface area contributed by atoms with E-state index in [1.165, 1.54) is 14.0 Å². The third kappa shape index (κ3) is 4.60. The van der Waals surface area contributed by atoms with Crippen molar-refractivity contribution in [2.75, 3.05) is 7.11 Å². The predicted molar refractivity (Wildman–Crippen MR) is 29.4 cm³/mol. The molecule has 0 saturated carbocycles. The average molecular weight is 132 g/mol. The van der Waals surface area contributed by atoms with Crippen molar-refractivity contribution in [1.29, 1.82) is 0 Å². The van der Waals surface area contributed by atoms with E-state index in [9.17, 15) is 9.59 Å². The van der Waals surface area contributed by atoms with Gasteiger partial charge in [0, 0.05) is 6.92 Å². The Labute approximate surface area is 52.3 Å². The Balaban J connectivity index is 3.28. The van der Waals surface area contributed by atoms with Gasteiger partial charge in [0.05, 0.1) is 7.11 Å². The molecule has 0 spiro atoms. The molecule has 0 unspecified atom stereocenters. The van der Waals surface area contributed by atoms with E-state index in [1.807, 2.05) is 10.9 Å². The van der Waals surface area contributed by atoms with Crippen molar-refractivity contribution in [3.05, 3.63) is 0 Å². The summed E-state index contributed by atoms with van der Waals surface area (Å²) in [6.45, 7) is 1.27. The average Bonchev–Trinajstić information content (AvgIpc) is 1.83. The van der Waals surface area contributed by atoms with Gasteiger partial charge in [-0.05, 0) is 0 Å². The van der Waals surface area contributed by atoms with Gasteiger partial charge in [0.1, 0.15) is 0 Å². The molecule has 0 saturated heterocycles. The summed E-state index contributed by atoms with van der Waals surface area (Å²) in [7, 11) is 1.21. The minimum absolute atomic E-state index is 0.347. The van der Waals surface area contributed by atoms with Crippen LogP contribution in [0.5, 0.6) is 0 Å². The van der Waals surface area contributed by atoms with Crippen LogP contribution in [0.3, 0.4) is 0 Å². The largest absolute Gasteiger partial charge is 0.452 e. The number of hydrogen-bond acceptors (Lipinski definition) is 3. The fourth-order valence-corrected chi connectivity index (χ4v) is 0.190. The van der Waals surface area contributed by atoms with E-state index in [2.05, 4.69) is 4.74 Å². The number of methoxy groups -OCH3 is 1. The highest BCUT2D eigenvalue weighted by Crippen LogP contribution is 1.64. The highest BCUT2D eigenvalue weighted by molar-refractivity contribution is 5.76. The van der Waals surface area contributed by atoms with Crippen LogP contribution in [0.1, 0.15) is 6.92 Å². The Morgan fingerprint density at radius 2 is 1.89 bits per heavy atom. The number of ether oxygens (including phenoxy) is 1. The minimum atomic E-state index is -0.690. The first-order valence-corrected chi connectivity index (χ1v) is 2.27. The molecule has 0 fully saturated rings. The summed E-state index contributed by atoms with van der Waals surface area (Å²) in [6.07, 6.45) is -0.690. The number of amides is 2. The fraction of sp³-hybridized carbons (Fsp3) is 0.500. The molecule has 0 atom stereocenters. The van der Waals surface area contributed by atoms with Crippen LogP contribution in [0.4, 0.5) is 4.79 Å². The second-order valence-electron chi connectivity index (χ2n) is 1.30. The van der Waals surface area contributed by atoms with E-state index in [0.717, 1.165) is 0 Å². The molecular formula is C4H8N2O3. The van der Waals surface area contributed by atoms with E-state index in [0.29, 0.717) is 0 Å². The quantitative estimate of drug-likeness (QED) is 0.432. The molecule has 9 heavy (non-hydrogen) atoms. The zero-order valence-corrected chi connectivity index (χ0v) is 5.22. The highest BCUT2D eigenvalue weighted by atomic mass is 16.5. The number of carbonyl (C=O) groups is 2. The molecule has 0 heterocycles. The van der Waals surface area contributed by atoms with E-state index in [1.54, 1.807) is 0 Å². The summed E-state index contributed by atoms with van der Waals surface area (Å²) < 4.78 is 4.14. The van der Waals surface area contributed by atoms with Crippen molar-refractivity contribution in [2.45, 2.75) is 6.92 Å². The Morgan fingerprint density at radius 1 is 1.33 bits per heavy atom. The number of carbonyl (C=O) groups excluding carboxylic acids is 2. The van der Waals surface area contributed by atoms with E-state index in [4.69, 9.17) is 0 Å². The molecule has 0 rings (SSSR count). The van der Waals surface area contributed by atoms with Crippen LogP contribution in [0.2, 0.25) is 0 Å². The third-order valence-corrected chi connectivity index (χ3v) is 0.526. The van der Waals surface area contributed by atoms with Crippen molar-refractivity contribution in [2.24, 2.45) is 0 Å². The molecule has 0 aromatic carbocycles. The molecule has 0 aromatic rings. The van der Waals surface area contributed by atoms with Gasteiger partial charge in [-0.25, -0.2) is 10.2 Å². The van der Waals surface area contributed by atoms with E-state index >= 15 is 0 Å². The van der Waals surface area contributed by atoms with Crippen LogP contribution in [-0.4, -0.2) is 19.1 Å². The zero-order chi connectivity index (χ0) is 7.28. The van der Waals surface area contributed by atoms with Crippen LogP contribution in [0.25, 0.3) is 0 Å². The molecule has 0 aliphatic heterocycles. The topological polar surface area (TPSA) is 67.4 Å². The van der Waals surface area contributed by atoms with Crippen LogP contribution in [0, 0.1) is 0 Å². The molecule has 52 valence electrons. The lowest BCUT2D eigenvalue weighted by Gasteiger charge is -2.00. The second kappa shape index (κ2) is 3.71. The van der Waals surface area contributed by atoms with Gasteiger partial charge >= 0.3 is 6.09 Å². The van der Waals surface area contributed by atoms with Gasteiger partial charge in [-0.15, -0.1) is 0 Å². The Kier molecular flexibility index (Phi) is 3.19. The van der Waals surface area contributed by atoms with Gasteiger partial charge in [-0.1, -0.05) is 0 Å². The number of hydrogen-bond donors (Lipinski definition) is 2. The Hall–Kier alpha value is -1.26. The van der Waals surface area contributed by atoms with Gasteiger partial charge in [-0.2, -0.15) is 0 Å². The summed E-state index contributed by atoms with van der Waals surface area (Å²) in [4.78, 5) is 20.3.